The molecule has 7 heteroatoms. The summed E-state index contributed by atoms with van der Waals surface area (Å²) in [7, 11) is 0. The highest BCUT2D eigenvalue weighted by atomic mass is 16.5. The molecule has 1 aromatic rings. The van der Waals surface area contributed by atoms with E-state index in [1.54, 1.807) is 31.2 Å². The monoisotopic (exact) mass is 395 g/mol. The Kier molecular flexibility index (Phi) is 3.90. The first-order valence-electron chi connectivity index (χ1n) is 10.3. The average molecular weight is 395 g/mol. The van der Waals surface area contributed by atoms with Crippen molar-refractivity contribution in [2.24, 2.45) is 17.6 Å². The molecular formula is C22H25N3O4. The Hall–Kier alpha value is -2.67. The van der Waals surface area contributed by atoms with Crippen LogP contribution in [0.25, 0.3) is 0 Å². The predicted molar refractivity (Wildman–Crippen MR) is 106 cm³/mol. The molecule has 0 unspecified atom stereocenters. The van der Waals surface area contributed by atoms with Gasteiger partial charge in [-0.15, -0.1) is 0 Å². The van der Waals surface area contributed by atoms with Gasteiger partial charge in [-0.25, -0.2) is 0 Å². The third-order valence-electron chi connectivity index (χ3n) is 6.99. The maximum Gasteiger partial charge on any atom is 0.246 e. The van der Waals surface area contributed by atoms with Crippen LogP contribution in [0.2, 0.25) is 0 Å². The number of nitrogens with one attached hydrogen (secondary N) is 1. The lowest BCUT2D eigenvalue weighted by Crippen LogP contribution is -2.56. The smallest absolute Gasteiger partial charge is 0.246 e. The van der Waals surface area contributed by atoms with E-state index in [2.05, 4.69) is 5.32 Å². The first-order valence-corrected chi connectivity index (χ1v) is 10.3. The topological polar surface area (TPSA) is 102 Å². The van der Waals surface area contributed by atoms with Crippen LogP contribution in [-0.2, 0) is 19.1 Å². The Labute approximate surface area is 169 Å². The molecule has 3 N–H and O–H groups in total. The molecule has 152 valence electrons. The van der Waals surface area contributed by atoms with Gasteiger partial charge in [0.05, 0.1) is 17.4 Å². The van der Waals surface area contributed by atoms with E-state index in [1.807, 2.05) is 18.2 Å². The fourth-order valence-electron chi connectivity index (χ4n) is 5.79. The number of rotatable bonds is 4. The normalized spacial score (nSPS) is 37.9. The van der Waals surface area contributed by atoms with Crippen molar-refractivity contribution in [3.63, 3.8) is 0 Å². The molecule has 3 amide bonds. The SMILES string of the molecule is C[C@]12C=C[C@@]3(O1)[C@H](C(=O)N(c1ccccc1)[C@@H]3C(=O)NC1CCCC1)[C@@H]2C(N)=O. The van der Waals surface area contributed by atoms with Crippen LogP contribution in [0.1, 0.15) is 32.6 Å². The number of hydrogen-bond acceptors (Lipinski definition) is 4. The number of benzene rings is 1. The number of fused-ring (bicyclic) bond motifs is 1. The third-order valence-corrected chi connectivity index (χ3v) is 6.99. The highest BCUT2D eigenvalue weighted by Gasteiger charge is 2.76. The summed E-state index contributed by atoms with van der Waals surface area (Å²) in [6, 6.07) is 8.31. The first-order chi connectivity index (χ1) is 13.9. The lowest BCUT2D eigenvalue weighted by Gasteiger charge is -2.33. The lowest BCUT2D eigenvalue weighted by atomic mass is 9.70. The van der Waals surface area contributed by atoms with Crippen LogP contribution < -0.4 is 16.0 Å². The number of hydrogen-bond donors (Lipinski definition) is 2. The van der Waals surface area contributed by atoms with Gasteiger partial charge in [-0.2, -0.15) is 0 Å². The molecule has 5 rings (SSSR count). The van der Waals surface area contributed by atoms with Crippen molar-refractivity contribution in [3.8, 4) is 0 Å². The van der Waals surface area contributed by atoms with Gasteiger partial charge in [-0.1, -0.05) is 43.2 Å². The summed E-state index contributed by atoms with van der Waals surface area (Å²) in [5, 5.41) is 3.13. The summed E-state index contributed by atoms with van der Waals surface area (Å²) in [5.74, 6) is -2.73. The van der Waals surface area contributed by atoms with E-state index < -0.39 is 35.0 Å². The van der Waals surface area contributed by atoms with E-state index in [9.17, 15) is 14.4 Å². The molecule has 2 saturated heterocycles. The van der Waals surface area contributed by atoms with Gasteiger partial charge in [0, 0.05) is 11.7 Å². The van der Waals surface area contributed by atoms with Crippen molar-refractivity contribution in [3.05, 3.63) is 42.5 Å². The number of ether oxygens (including phenoxy) is 1. The van der Waals surface area contributed by atoms with Crippen molar-refractivity contribution in [2.45, 2.75) is 55.9 Å². The summed E-state index contributed by atoms with van der Waals surface area (Å²) in [5.41, 5.74) is 4.15. The summed E-state index contributed by atoms with van der Waals surface area (Å²) < 4.78 is 6.33. The number of carbonyl (C=O) groups is 3. The highest BCUT2D eigenvalue weighted by Crippen LogP contribution is 2.60. The van der Waals surface area contributed by atoms with E-state index in [1.165, 1.54) is 4.90 Å². The van der Waals surface area contributed by atoms with E-state index in [-0.39, 0.29) is 17.9 Å². The van der Waals surface area contributed by atoms with E-state index in [4.69, 9.17) is 10.5 Å². The highest BCUT2D eigenvalue weighted by molar-refractivity contribution is 6.10. The molecule has 0 aromatic heterocycles. The van der Waals surface area contributed by atoms with Crippen LogP contribution in [0.3, 0.4) is 0 Å². The maximum atomic E-state index is 13.6. The quantitative estimate of drug-likeness (QED) is 0.750. The van der Waals surface area contributed by atoms with Gasteiger partial charge in [-0.3, -0.25) is 19.3 Å². The third kappa shape index (κ3) is 2.43. The van der Waals surface area contributed by atoms with Gasteiger partial charge < -0.3 is 15.8 Å². The zero-order chi connectivity index (χ0) is 20.4. The second kappa shape index (κ2) is 6.16. The molecule has 2 bridgehead atoms. The number of primary amides is 1. The van der Waals surface area contributed by atoms with E-state index >= 15 is 0 Å². The van der Waals surface area contributed by atoms with Crippen molar-refractivity contribution in [1.82, 2.24) is 5.32 Å². The summed E-state index contributed by atoms with van der Waals surface area (Å²) >= 11 is 0. The zero-order valence-corrected chi connectivity index (χ0v) is 16.3. The fraction of sp³-hybridized carbons (Fsp3) is 0.500. The van der Waals surface area contributed by atoms with Gasteiger partial charge in [0.25, 0.3) is 0 Å². The van der Waals surface area contributed by atoms with E-state index in [0.717, 1.165) is 25.7 Å². The molecule has 3 heterocycles. The van der Waals surface area contributed by atoms with Gasteiger partial charge in [-0.05, 0) is 31.9 Å². The van der Waals surface area contributed by atoms with Crippen molar-refractivity contribution in [2.75, 3.05) is 4.90 Å². The van der Waals surface area contributed by atoms with Crippen LogP contribution in [-0.4, -0.2) is 41.0 Å². The zero-order valence-electron chi connectivity index (χ0n) is 16.3. The molecule has 1 aliphatic carbocycles. The minimum atomic E-state index is -1.19. The molecule has 5 atom stereocenters. The second-order valence-corrected chi connectivity index (χ2v) is 8.77. The second-order valence-electron chi connectivity index (χ2n) is 8.77. The minimum Gasteiger partial charge on any atom is -0.369 e. The van der Waals surface area contributed by atoms with Crippen molar-refractivity contribution < 1.29 is 19.1 Å². The molecule has 1 spiro atoms. The number of anilines is 1. The van der Waals surface area contributed by atoms with Crippen molar-refractivity contribution in [1.29, 1.82) is 0 Å². The summed E-state index contributed by atoms with van der Waals surface area (Å²) in [6.45, 7) is 1.76. The van der Waals surface area contributed by atoms with E-state index in [0.29, 0.717) is 5.69 Å². The number of amides is 3. The van der Waals surface area contributed by atoms with Gasteiger partial charge >= 0.3 is 0 Å². The molecule has 3 aliphatic heterocycles. The average Bonchev–Trinajstić information content (AvgIpc) is 3.42. The van der Waals surface area contributed by atoms with Crippen LogP contribution in [0.15, 0.2) is 42.5 Å². The Morgan fingerprint density at radius 1 is 1.17 bits per heavy atom. The maximum absolute atomic E-state index is 13.6. The number of para-hydroxylation sites is 1. The van der Waals surface area contributed by atoms with Crippen LogP contribution in [0, 0.1) is 11.8 Å². The molecule has 29 heavy (non-hydrogen) atoms. The molecular weight excluding hydrogens is 370 g/mol. The molecule has 7 nitrogen and oxygen atoms in total. The Bertz CT molecular complexity index is 910. The number of nitrogens with zero attached hydrogens (tertiary/aromatic N) is 1. The fourth-order valence-corrected chi connectivity index (χ4v) is 5.79. The predicted octanol–water partition coefficient (Wildman–Crippen LogP) is 1.28. The number of carbonyl (C=O) groups excluding carboxylic acids is 3. The van der Waals surface area contributed by atoms with Crippen LogP contribution in [0.4, 0.5) is 5.69 Å². The Morgan fingerprint density at radius 3 is 2.52 bits per heavy atom. The Balaban J connectivity index is 1.61. The molecule has 1 aromatic carbocycles. The largest absolute Gasteiger partial charge is 0.369 e. The van der Waals surface area contributed by atoms with Gasteiger partial charge in [0.2, 0.25) is 17.7 Å². The number of nitrogens with two attached hydrogens (primary N) is 1. The molecule has 0 radical (unpaired) electrons. The summed E-state index contributed by atoms with van der Waals surface area (Å²) in [4.78, 5) is 40.9. The van der Waals surface area contributed by atoms with Crippen molar-refractivity contribution >= 4 is 23.4 Å². The van der Waals surface area contributed by atoms with Crippen LogP contribution in [0.5, 0.6) is 0 Å². The summed E-state index contributed by atoms with van der Waals surface area (Å²) in [6.07, 6.45) is 7.64. The Morgan fingerprint density at radius 2 is 1.86 bits per heavy atom. The van der Waals surface area contributed by atoms with Crippen LogP contribution >= 0.6 is 0 Å². The first kappa shape index (κ1) is 18.4. The molecule has 3 fully saturated rings. The van der Waals surface area contributed by atoms with Gasteiger partial charge in [0.15, 0.2) is 0 Å². The van der Waals surface area contributed by atoms with Gasteiger partial charge in [0.1, 0.15) is 11.6 Å². The molecule has 1 saturated carbocycles. The lowest BCUT2D eigenvalue weighted by molar-refractivity contribution is -0.132. The standard InChI is InChI=1S/C22H25N3O4/c1-21-11-12-22(29-21)16(15(21)18(23)26)20(28)25(14-9-3-2-4-10-14)17(22)19(27)24-13-7-5-6-8-13/h2-4,9-13,15-17H,5-8H2,1H3,(H2,23,26)(H,24,27)/t15-,16+,17-,21-,22-/m1/s1. The minimum absolute atomic E-state index is 0.107. The molecule has 4 aliphatic rings.